The van der Waals surface area contributed by atoms with Gasteiger partial charge in [-0.1, -0.05) is 0 Å². The summed E-state index contributed by atoms with van der Waals surface area (Å²) >= 11 is 5.69. The van der Waals surface area contributed by atoms with Crippen LogP contribution < -0.4 is 0 Å². The van der Waals surface area contributed by atoms with E-state index in [1.54, 1.807) is 0 Å². The molecule has 0 unspecified atom stereocenters. The average Bonchev–Trinajstić information content (AvgIpc) is 2.03. The third-order valence-corrected chi connectivity index (χ3v) is 2.71. The van der Waals surface area contributed by atoms with Crippen molar-refractivity contribution in [3.05, 3.63) is 38.5 Å². The van der Waals surface area contributed by atoms with Crippen LogP contribution in [0.5, 0.6) is 0 Å². The van der Waals surface area contributed by atoms with Gasteiger partial charge in [-0.2, -0.15) is 0 Å². The molecule has 3 heteroatoms. The molecule has 0 aliphatic heterocycles. The number of halogens is 2. The Balaban J connectivity index is 2.80. The summed E-state index contributed by atoms with van der Waals surface area (Å²) in [4.78, 5) is 4.27. The standard InChI is InChI=1S/C9H5BrIN/c10-7-3-6-4-8(11)1-2-9(6)12-5-7/h1-5H. The van der Waals surface area contributed by atoms with Crippen molar-refractivity contribution in [1.82, 2.24) is 4.98 Å². The Hall–Kier alpha value is -0.160. The molecule has 0 amide bonds. The van der Waals surface area contributed by atoms with E-state index in [1.807, 2.05) is 12.3 Å². The van der Waals surface area contributed by atoms with Crippen molar-refractivity contribution in [3.63, 3.8) is 0 Å². The Morgan fingerprint density at radius 3 is 2.92 bits per heavy atom. The summed E-state index contributed by atoms with van der Waals surface area (Å²) in [5, 5.41) is 1.18. The predicted octanol–water partition coefficient (Wildman–Crippen LogP) is 3.60. The lowest BCUT2D eigenvalue weighted by Crippen LogP contribution is -1.79. The number of fused-ring (bicyclic) bond motifs is 1. The summed E-state index contributed by atoms with van der Waals surface area (Å²) in [7, 11) is 0. The number of aromatic nitrogens is 1. The van der Waals surface area contributed by atoms with Crippen LogP contribution in [0, 0.1) is 3.57 Å². The predicted molar refractivity (Wildman–Crippen MR) is 62.2 cm³/mol. The van der Waals surface area contributed by atoms with E-state index in [4.69, 9.17) is 0 Å². The highest BCUT2D eigenvalue weighted by atomic mass is 127. The zero-order chi connectivity index (χ0) is 8.55. The topological polar surface area (TPSA) is 12.9 Å². The number of benzene rings is 1. The third kappa shape index (κ3) is 1.61. The van der Waals surface area contributed by atoms with Gasteiger partial charge in [0.1, 0.15) is 0 Å². The molecule has 0 bridgehead atoms. The van der Waals surface area contributed by atoms with Crippen LogP contribution in [0.1, 0.15) is 0 Å². The summed E-state index contributed by atoms with van der Waals surface area (Å²) in [5.74, 6) is 0. The van der Waals surface area contributed by atoms with E-state index in [0.29, 0.717) is 0 Å². The number of rotatable bonds is 0. The van der Waals surface area contributed by atoms with Gasteiger partial charge in [-0.05, 0) is 62.8 Å². The molecule has 60 valence electrons. The van der Waals surface area contributed by atoms with Crippen LogP contribution in [0.2, 0.25) is 0 Å². The highest BCUT2D eigenvalue weighted by Crippen LogP contribution is 2.19. The van der Waals surface area contributed by atoms with Crippen LogP contribution in [-0.2, 0) is 0 Å². The fourth-order valence-corrected chi connectivity index (χ4v) is 1.94. The summed E-state index contributed by atoms with van der Waals surface area (Å²) < 4.78 is 2.26. The summed E-state index contributed by atoms with van der Waals surface area (Å²) in [6.07, 6.45) is 1.81. The molecular weight excluding hydrogens is 329 g/mol. The van der Waals surface area contributed by atoms with Gasteiger partial charge in [-0.25, -0.2) is 0 Å². The zero-order valence-electron chi connectivity index (χ0n) is 6.09. The fourth-order valence-electron chi connectivity index (χ4n) is 1.08. The molecule has 0 saturated heterocycles. The molecule has 1 heterocycles. The van der Waals surface area contributed by atoms with Crippen LogP contribution in [0.4, 0.5) is 0 Å². The molecular formula is C9H5BrIN. The van der Waals surface area contributed by atoms with Crippen molar-refractivity contribution < 1.29 is 0 Å². The lowest BCUT2D eigenvalue weighted by Gasteiger charge is -1.97. The van der Waals surface area contributed by atoms with Gasteiger partial charge in [-0.15, -0.1) is 0 Å². The third-order valence-electron chi connectivity index (χ3n) is 1.61. The Kier molecular flexibility index (Phi) is 2.32. The molecule has 2 rings (SSSR count). The second-order valence-electron chi connectivity index (χ2n) is 2.49. The minimum absolute atomic E-state index is 1.03. The molecule has 0 aliphatic rings. The van der Waals surface area contributed by atoms with Crippen molar-refractivity contribution in [2.75, 3.05) is 0 Å². The molecule has 1 nitrogen and oxygen atoms in total. The normalized spacial score (nSPS) is 10.5. The monoisotopic (exact) mass is 333 g/mol. The van der Waals surface area contributed by atoms with Gasteiger partial charge in [-0.3, -0.25) is 4.98 Å². The molecule has 1 aromatic heterocycles. The van der Waals surface area contributed by atoms with E-state index in [9.17, 15) is 0 Å². The number of nitrogens with zero attached hydrogens (tertiary/aromatic N) is 1. The maximum absolute atomic E-state index is 4.27. The fraction of sp³-hybridized carbons (Fsp3) is 0. The first-order valence-corrected chi connectivity index (χ1v) is 5.34. The van der Waals surface area contributed by atoms with Crippen LogP contribution in [0.15, 0.2) is 34.9 Å². The van der Waals surface area contributed by atoms with E-state index < -0.39 is 0 Å². The van der Waals surface area contributed by atoms with Gasteiger partial charge >= 0.3 is 0 Å². The summed E-state index contributed by atoms with van der Waals surface area (Å²) in [5.41, 5.74) is 1.04. The SMILES string of the molecule is Brc1cnc2ccc(I)cc2c1. The van der Waals surface area contributed by atoms with E-state index in [-0.39, 0.29) is 0 Å². The van der Waals surface area contributed by atoms with Gasteiger partial charge < -0.3 is 0 Å². The Labute approximate surface area is 92.5 Å². The van der Waals surface area contributed by atoms with Crippen LogP contribution >= 0.6 is 38.5 Å². The molecule has 0 saturated carbocycles. The summed E-state index contributed by atoms with van der Waals surface area (Å²) in [6, 6.07) is 8.28. The Bertz CT molecular complexity index is 391. The summed E-state index contributed by atoms with van der Waals surface area (Å²) in [6.45, 7) is 0. The highest BCUT2D eigenvalue weighted by Gasteiger charge is 1.95. The number of pyridine rings is 1. The molecule has 0 N–H and O–H groups in total. The minimum atomic E-state index is 1.03. The van der Waals surface area contributed by atoms with Crippen molar-refractivity contribution in [3.8, 4) is 0 Å². The highest BCUT2D eigenvalue weighted by molar-refractivity contribution is 14.1. The van der Waals surface area contributed by atoms with Gasteiger partial charge in [0.15, 0.2) is 0 Å². The second kappa shape index (κ2) is 3.30. The van der Waals surface area contributed by atoms with Crippen LogP contribution in [0.3, 0.4) is 0 Å². The Morgan fingerprint density at radius 1 is 1.25 bits per heavy atom. The largest absolute Gasteiger partial charge is 0.255 e. The van der Waals surface area contributed by atoms with Crippen LogP contribution in [-0.4, -0.2) is 4.98 Å². The van der Waals surface area contributed by atoms with E-state index in [0.717, 1.165) is 9.99 Å². The van der Waals surface area contributed by atoms with Gasteiger partial charge in [0.05, 0.1) is 5.52 Å². The number of hydrogen-bond donors (Lipinski definition) is 0. The molecule has 1 aromatic carbocycles. The lowest BCUT2D eigenvalue weighted by atomic mass is 10.2. The maximum atomic E-state index is 4.27. The molecule has 0 radical (unpaired) electrons. The van der Waals surface area contributed by atoms with Crippen LogP contribution in [0.25, 0.3) is 10.9 Å². The second-order valence-corrected chi connectivity index (χ2v) is 4.65. The minimum Gasteiger partial charge on any atom is -0.255 e. The first-order chi connectivity index (χ1) is 5.75. The smallest absolute Gasteiger partial charge is 0.0703 e. The molecule has 0 aliphatic carbocycles. The molecule has 0 atom stereocenters. The van der Waals surface area contributed by atoms with E-state index in [1.165, 1.54) is 8.96 Å². The lowest BCUT2D eigenvalue weighted by molar-refractivity contribution is 1.39. The van der Waals surface area contributed by atoms with Crippen molar-refractivity contribution in [2.45, 2.75) is 0 Å². The molecule has 12 heavy (non-hydrogen) atoms. The van der Waals surface area contributed by atoms with Gasteiger partial charge in [0.2, 0.25) is 0 Å². The maximum Gasteiger partial charge on any atom is 0.0703 e. The molecule has 0 spiro atoms. The van der Waals surface area contributed by atoms with Crippen molar-refractivity contribution in [2.24, 2.45) is 0 Å². The van der Waals surface area contributed by atoms with E-state index in [2.05, 4.69) is 61.7 Å². The average molecular weight is 334 g/mol. The van der Waals surface area contributed by atoms with Crippen molar-refractivity contribution in [1.29, 1.82) is 0 Å². The van der Waals surface area contributed by atoms with Gasteiger partial charge in [0, 0.05) is 19.6 Å². The first kappa shape index (κ1) is 8.44. The first-order valence-electron chi connectivity index (χ1n) is 3.46. The Morgan fingerprint density at radius 2 is 2.08 bits per heavy atom. The van der Waals surface area contributed by atoms with Crippen molar-refractivity contribution >= 4 is 49.4 Å². The zero-order valence-corrected chi connectivity index (χ0v) is 9.83. The van der Waals surface area contributed by atoms with Gasteiger partial charge in [0.25, 0.3) is 0 Å². The quantitative estimate of drug-likeness (QED) is 0.671. The molecule has 0 fully saturated rings. The molecule has 2 aromatic rings. The number of hydrogen-bond acceptors (Lipinski definition) is 1. The van der Waals surface area contributed by atoms with E-state index >= 15 is 0 Å².